The second-order valence-electron chi connectivity index (χ2n) is 4.08. The Morgan fingerprint density at radius 3 is 2.37 bits per heavy atom. The highest BCUT2D eigenvalue weighted by molar-refractivity contribution is 7.09. The number of nitrogens with zero attached hydrogens (tertiary/aromatic N) is 1. The van der Waals surface area contributed by atoms with Gasteiger partial charge in [-0.1, -0.05) is 30.3 Å². The summed E-state index contributed by atoms with van der Waals surface area (Å²) >= 11 is 1.46. The van der Waals surface area contributed by atoms with Crippen LogP contribution in [0, 0.1) is 6.07 Å². The summed E-state index contributed by atoms with van der Waals surface area (Å²) in [7, 11) is 1.67. The maximum atomic E-state index is 5.16. The van der Waals surface area contributed by atoms with E-state index in [1.165, 1.54) is 11.5 Å². The molecule has 1 aromatic heterocycles. The fourth-order valence-electron chi connectivity index (χ4n) is 1.83. The Hall–Kier alpha value is -2.13. The van der Waals surface area contributed by atoms with Crippen LogP contribution in [-0.2, 0) is 0 Å². The maximum Gasteiger partial charge on any atom is 0.118 e. The Morgan fingerprint density at radius 1 is 0.947 bits per heavy atom. The molecule has 93 valence electrons. The lowest BCUT2D eigenvalue weighted by Gasteiger charge is -2.00. The Bertz CT molecular complexity index is 659. The molecule has 0 amide bonds. The van der Waals surface area contributed by atoms with Crippen LogP contribution in [0.25, 0.3) is 21.7 Å². The van der Waals surface area contributed by atoms with Gasteiger partial charge in [-0.3, -0.25) is 0 Å². The van der Waals surface area contributed by atoms with Gasteiger partial charge in [-0.15, -0.1) is 0 Å². The minimum absolute atomic E-state index is 0.858. The van der Waals surface area contributed by atoms with E-state index in [0.717, 1.165) is 27.4 Å². The standard InChI is InChI=1S/C16H12NOS/c1-18-14-9-7-13(8-10-14)16-11-15(17-19-16)12-5-3-2-4-6-12/h2-10H,1H3. The van der Waals surface area contributed by atoms with Crippen molar-refractivity contribution in [2.75, 3.05) is 7.11 Å². The highest BCUT2D eigenvalue weighted by Crippen LogP contribution is 2.29. The van der Waals surface area contributed by atoms with Crippen molar-refractivity contribution in [1.82, 2.24) is 4.37 Å². The molecule has 0 bridgehead atoms. The summed E-state index contributed by atoms with van der Waals surface area (Å²) in [5, 5.41) is 0. The first-order valence-electron chi connectivity index (χ1n) is 5.95. The van der Waals surface area contributed by atoms with Crippen LogP contribution in [0.4, 0.5) is 0 Å². The Morgan fingerprint density at radius 2 is 1.68 bits per heavy atom. The molecule has 0 aliphatic heterocycles. The van der Waals surface area contributed by atoms with Gasteiger partial charge < -0.3 is 4.74 Å². The second-order valence-corrected chi connectivity index (χ2v) is 4.85. The number of hydrogen-bond acceptors (Lipinski definition) is 3. The lowest BCUT2D eigenvalue weighted by Crippen LogP contribution is -1.81. The molecule has 0 atom stereocenters. The quantitative estimate of drug-likeness (QED) is 0.705. The average molecular weight is 266 g/mol. The van der Waals surface area contributed by atoms with Gasteiger partial charge in [0.2, 0.25) is 0 Å². The minimum Gasteiger partial charge on any atom is -0.497 e. The molecule has 0 aliphatic rings. The summed E-state index contributed by atoms with van der Waals surface area (Å²) in [6.45, 7) is 0. The van der Waals surface area contributed by atoms with E-state index in [2.05, 4.69) is 10.4 Å². The van der Waals surface area contributed by atoms with Gasteiger partial charge in [0.25, 0.3) is 0 Å². The third kappa shape index (κ3) is 2.51. The van der Waals surface area contributed by atoms with Gasteiger partial charge in [0.1, 0.15) is 5.75 Å². The first-order chi connectivity index (χ1) is 9.36. The molecule has 0 saturated carbocycles. The summed E-state index contributed by atoms with van der Waals surface area (Å²) in [5.41, 5.74) is 3.11. The van der Waals surface area contributed by atoms with E-state index >= 15 is 0 Å². The number of ether oxygens (including phenoxy) is 1. The van der Waals surface area contributed by atoms with Crippen molar-refractivity contribution in [3.63, 3.8) is 0 Å². The number of hydrogen-bond donors (Lipinski definition) is 0. The van der Waals surface area contributed by atoms with Crippen LogP contribution in [0.5, 0.6) is 5.75 Å². The van der Waals surface area contributed by atoms with E-state index in [9.17, 15) is 0 Å². The van der Waals surface area contributed by atoms with Crippen LogP contribution in [0.3, 0.4) is 0 Å². The van der Waals surface area contributed by atoms with Gasteiger partial charge in [0, 0.05) is 11.6 Å². The first-order valence-corrected chi connectivity index (χ1v) is 6.73. The van der Waals surface area contributed by atoms with Gasteiger partial charge in [-0.05, 0) is 41.4 Å². The SMILES string of the molecule is COc1ccc(-c2[c]c(-c3ccccc3)ns2)cc1. The summed E-state index contributed by atoms with van der Waals surface area (Å²) in [4.78, 5) is 1.04. The smallest absolute Gasteiger partial charge is 0.118 e. The van der Waals surface area contributed by atoms with Gasteiger partial charge in [-0.25, -0.2) is 0 Å². The van der Waals surface area contributed by atoms with Crippen LogP contribution < -0.4 is 4.74 Å². The fourth-order valence-corrected chi connectivity index (χ4v) is 2.55. The van der Waals surface area contributed by atoms with Gasteiger partial charge in [0.15, 0.2) is 0 Å². The Labute approximate surface area is 116 Å². The van der Waals surface area contributed by atoms with Crippen LogP contribution in [0.1, 0.15) is 0 Å². The summed E-state index contributed by atoms with van der Waals surface area (Å²) in [6.07, 6.45) is 0. The first kappa shape index (κ1) is 11.9. The van der Waals surface area contributed by atoms with Crippen molar-refractivity contribution in [3.8, 4) is 27.4 Å². The molecule has 1 heterocycles. The number of methoxy groups -OCH3 is 1. The fraction of sp³-hybridized carbons (Fsp3) is 0.0625. The molecule has 0 aliphatic carbocycles. The molecule has 19 heavy (non-hydrogen) atoms. The Balaban J connectivity index is 1.92. The highest BCUT2D eigenvalue weighted by Gasteiger charge is 2.07. The van der Waals surface area contributed by atoms with Crippen molar-refractivity contribution in [2.45, 2.75) is 0 Å². The zero-order valence-corrected chi connectivity index (χ0v) is 11.3. The van der Waals surface area contributed by atoms with Gasteiger partial charge in [0.05, 0.1) is 17.7 Å². The van der Waals surface area contributed by atoms with E-state index in [-0.39, 0.29) is 0 Å². The third-order valence-corrected chi connectivity index (χ3v) is 3.65. The lowest BCUT2D eigenvalue weighted by molar-refractivity contribution is 0.415. The summed E-state index contributed by atoms with van der Waals surface area (Å²) in [6, 6.07) is 21.4. The van der Waals surface area contributed by atoms with E-state index < -0.39 is 0 Å². The number of aromatic nitrogens is 1. The van der Waals surface area contributed by atoms with Crippen LogP contribution >= 0.6 is 11.5 Å². The topological polar surface area (TPSA) is 22.1 Å². The van der Waals surface area contributed by atoms with Crippen molar-refractivity contribution >= 4 is 11.5 Å². The minimum atomic E-state index is 0.858. The lowest BCUT2D eigenvalue weighted by atomic mass is 10.1. The van der Waals surface area contributed by atoms with Crippen molar-refractivity contribution < 1.29 is 4.74 Å². The second kappa shape index (κ2) is 5.24. The molecule has 2 nitrogen and oxygen atoms in total. The summed E-state index contributed by atoms with van der Waals surface area (Å²) < 4.78 is 9.62. The molecule has 0 fully saturated rings. The molecule has 3 heteroatoms. The van der Waals surface area contributed by atoms with Crippen LogP contribution in [0.15, 0.2) is 54.6 Å². The van der Waals surface area contributed by atoms with E-state index in [4.69, 9.17) is 4.74 Å². The average Bonchev–Trinajstić information content (AvgIpc) is 2.98. The molecule has 3 aromatic rings. The number of benzene rings is 2. The highest BCUT2D eigenvalue weighted by atomic mass is 32.1. The summed E-state index contributed by atoms with van der Waals surface area (Å²) in [5.74, 6) is 0.858. The molecule has 1 radical (unpaired) electrons. The van der Waals surface area contributed by atoms with Gasteiger partial charge in [-0.2, -0.15) is 4.37 Å². The molecule has 0 saturated heterocycles. The van der Waals surface area contributed by atoms with E-state index in [1.54, 1.807) is 7.11 Å². The van der Waals surface area contributed by atoms with E-state index in [0.29, 0.717) is 0 Å². The van der Waals surface area contributed by atoms with Crippen LogP contribution in [-0.4, -0.2) is 11.5 Å². The predicted molar refractivity (Wildman–Crippen MR) is 78.4 cm³/mol. The molecular formula is C16H12NOS. The zero-order chi connectivity index (χ0) is 13.1. The van der Waals surface area contributed by atoms with Crippen molar-refractivity contribution in [3.05, 3.63) is 60.7 Å². The zero-order valence-electron chi connectivity index (χ0n) is 10.5. The maximum absolute atomic E-state index is 5.16. The van der Waals surface area contributed by atoms with Crippen molar-refractivity contribution in [1.29, 1.82) is 0 Å². The molecule has 2 aromatic carbocycles. The van der Waals surface area contributed by atoms with E-state index in [1.807, 2.05) is 54.6 Å². The predicted octanol–water partition coefficient (Wildman–Crippen LogP) is 4.29. The monoisotopic (exact) mass is 266 g/mol. The van der Waals surface area contributed by atoms with Gasteiger partial charge >= 0.3 is 0 Å². The molecule has 3 rings (SSSR count). The Kier molecular flexibility index (Phi) is 3.29. The van der Waals surface area contributed by atoms with Crippen molar-refractivity contribution in [2.24, 2.45) is 0 Å². The largest absolute Gasteiger partial charge is 0.497 e. The van der Waals surface area contributed by atoms with Crippen LogP contribution in [0.2, 0.25) is 0 Å². The molecule has 0 spiro atoms. The normalized spacial score (nSPS) is 10.4. The molecule has 0 unspecified atom stereocenters. The molecule has 0 N–H and O–H groups in total. The third-order valence-electron chi connectivity index (χ3n) is 2.86. The molecular weight excluding hydrogens is 254 g/mol. The number of rotatable bonds is 3.